The zero-order valence-electron chi connectivity index (χ0n) is 16.0. The van der Waals surface area contributed by atoms with Gasteiger partial charge in [0, 0.05) is 49.9 Å². The molecule has 144 valence electrons. The number of aromatic nitrogens is 1. The zero-order chi connectivity index (χ0) is 18.2. The molecule has 0 spiro atoms. The highest BCUT2D eigenvalue weighted by Crippen LogP contribution is 2.21. The number of rotatable bonds is 5. The summed E-state index contributed by atoms with van der Waals surface area (Å²) in [5.41, 5.74) is 1.15. The molecule has 0 amide bonds. The normalized spacial score (nSPS) is 21.8. The van der Waals surface area contributed by atoms with Gasteiger partial charge in [-0.25, -0.2) is 9.98 Å². The van der Waals surface area contributed by atoms with E-state index in [1.807, 2.05) is 6.20 Å². The largest absolute Gasteiger partial charge is 0.378 e. The van der Waals surface area contributed by atoms with Crippen molar-refractivity contribution < 1.29 is 4.74 Å². The van der Waals surface area contributed by atoms with Gasteiger partial charge in [-0.2, -0.15) is 11.8 Å². The molecular weight excluding hydrogens is 346 g/mol. The summed E-state index contributed by atoms with van der Waals surface area (Å²) in [6, 6.07) is 4.25. The standard InChI is InChI=1S/C19H31N5OS/c1-3-17-15-24(9-12-26-17)19(20-4-2)22-14-16-5-6-18(21-13-16)23-7-10-25-11-8-23/h5-6,13,17H,3-4,7-12,14-15H2,1-2H3,(H,20,22). The summed E-state index contributed by atoms with van der Waals surface area (Å²) < 4.78 is 5.41. The van der Waals surface area contributed by atoms with E-state index in [4.69, 9.17) is 9.73 Å². The van der Waals surface area contributed by atoms with Gasteiger partial charge in [-0.05, 0) is 25.0 Å². The van der Waals surface area contributed by atoms with E-state index in [0.29, 0.717) is 11.8 Å². The van der Waals surface area contributed by atoms with Crippen LogP contribution in [0.2, 0.25) is 0 Å². The molecule has 0 bridgehead atoms. The van der Waals surface area contributed by atoms with E-state index >= 15 is 0 Å². The van der Waals surface area contributed by atoms with Gasteiger partial charge in [0.2, 0.25) is 0 Å². The van der Waals surface area contributed by atoms with Crippen LogP contribution in [0.15, 0.2) is 23.3 Å². The number of ether oxygens (including phenoxy) is 1. The van der Waals surface area contributed by atoms with Crippen molar-refractivity contribution in [1.82, 2.24) is 15.2 Å². The average molecular weight is 378 g/mol. The number of nitrogens with one attached hydrogen (secondary N) is 1. The summed E-state index contributed by atoms with van der Waals surface area (Å²) in [5.74, 6) is 3.24. The average Bonchev–Trinajstić information content (AvgIpc) is 2.72. The highest BCUT2D eigenvalue weighted by molar-refractivity contribution is 8.00. The molecule has 26 heavy (non-hydrogen) atoms. The minimum absolute atomic E-state index is 0.666. The molecule has 1 atom stereocenters. The fraction of sp³-hybridized carbons (Fsp3) is 0.684. The molecular formula is C19H31N5OS. The van der Waals surface area contributed by atoms with Crippen LogP contribution < -0.4 is 10.2 Å². The van der Waals surface area contributed by atoms with Gasteiger partial charge in [0.25, 0.3) is 0 Å². The third kappa shape index (κ3) is 5.27. The van der Waals surface area contributed by atoms with Gasteiger partial charge >= 0.3 is 0 Å². The fourth-order valence-electron chi connectivity index (χ4n) is 3.24. The number of hydrogen-bond acceptors (Lipinski definition) is 5. The van der Waals surface area contributed by atoms with Crippen molar-refractivity contribution in [1.29, 1.82) is 0 Å². The van der Waals surface area contributed by atoms with Crippen molar-refractivity contribution in [2.75, 3.05) is 56.6 Å². The Bertz CT molecular complexity index is 574. The minimum Gasteiger partial charge on any atom is -0.378 e. The van der Waals surface area contributed by atoms with E-state index in [9.17, 15) is 0 Å². The second-order valence-corrected chi connectivity index (χ2v) is 8.05. The lowest BCUT2D eigenvalue weighted by Gasteiger charge is -2.34. The Labute approximate surface area is 161 Å². The Morgan fingerprint density at radius 3 is 2.85 bits per heavy atom. The molecule has 2 aliphatic heterocycles. The van der Waals surface area contributed by atoms with Crippen LogP contribution in [-0.2, 0) is 11.3 Å². The topological polar surface area (TPSA) is 53.0 Å². The lowest BCUT2D eigenvalue weighted by molar-refractivity contribution is 0.122. The Morgan fingerprint density at radius 2 is 2.15 bits per heavy atom. The maximum Gasteiger partial charge on any atom is 0.194 e. The predicted octanol–water partition coefficient (Wildman–Crippen LogP) is 2.21. The number of anilines is 1. The maximum atomic E-state index is 5.41. The van der Waals surface area contributed by atoms with Crippen molar-refractivity contribution in [2.45, 2.75) is 32.1 Å². The molecule has 1 unspecified atom stereocenters. The first kappa shape index (κ1) is 19.3. The van der Waals surface area contributed by atoms with E-state index in [-0.39, 0.29) is 0 Å². The first-order valence-electron chi connectivity index (χ1n) is 9.72. The molecule has 0 aromatic carbocycles. The third-order valence-electron chi connectivity index (χ3n) is 4.78. The maximum absolute atomic E-state index is 5.41. The predicted molar refractivity (Wildman–Crippen MR) is 110 cm³/mol. The van der Waals surface area contributed by atoms with Gasteiger partial charge in [0.15, 0.2) is 5.96 Å². The molecule has 7 heteroatoms. The molecule has 1 N–H and O–H groups in total. The lowest BCUT2D eigenvalue weighted by Crippen LogP contribution is -2.48. The molecule has 0 radical (unpaired) electrons. The van der Waals surface area contributed by atoms with Crippen LogP contribution in [0.25, 0.3) is 0 Å². The molecule has 2 saturated heterocycles. The molecule has 1 aromatic heterocycles. The first-order chi connectivity index (χ1) is 12.8. The number of aliphatic imine (C=N–C) groups is 1. The molecule has 3 heterocycles. The summed E-state index contributed by atoms with van der Waals surface area (Å²) >= 11 is 2.08. The monoisotopic (exact) mass is 377 g/mol. The van der Waals surface area contributed by atoms with Gasteiger partial charge < -0.3 is 19.9 Å². The number of thioether (sulfide) groups is 1. The van der Waals surface area contributed by atoms with E-state index in [1.165, 1.54) is 12.2 Å². The summed E-state index contributed by atoms with van der Waals surface area (Å²) in [6.45, 7) is 11.5. The van der Waals surface area contributed by atoms with E-state index < -0.39 is 0 Å². The van der Waals surface area contributed by atoms with E-state index in [2.05, 4.69) is 57.8 Å². The van der Waals surface area contributed by atoms with Gasteiger partial charge in [0.05, 0.1) is 19.8 Å². The molecule has 0 aliphatic carbocycles. The molecule has 2 fully saturated rings. The van der Waals surface area contributed by atoms with Crippen LogP contribution in [0.1, 0.15) is 25.8 Å². The van der Waals surface area contributed by atoms with Crippen molar-refractivity contribution >= 4 is 23.5 Å². The Morgan fingerprint density at radius 1 is 1.31 bits per heavy atom. The Balaban J connectivity index is 1.61. The summed E-state index contributed by atoms with van der Waals surface area (Å²) in [4.78, 5) is 14.2. The van der Waals surface area contributed by atoms with Crippen LogP contribution in [0.3, 0.4) is 0 Å². The second kappa shape index (κ2) is 10.0. The molecule has 1 aromatic rings. The number of hydrogen-bond donors (Lipinski definition) is 1. The van der Waals surface area contributed by atoms with Crippen LogP contribution in [0.5, 0.6) is 0 Å². The number of nitrogens with zero attached hydrogens (tertiary/aromatic N) is 4. The smallest absolute Gasteiger partial charge is 0.194 e. The number of morpholine rings is 1. The quantitative estimate of drug-likeness (QED) is 0.627. The third-order valence-corrected chi connectivity index (χ3v) is 6.16. The van der Waals surface area contributed by atoms with Crippen molar-refractivity contribution in [2.24, 2.45) is 4.99 Å². The molecule has 3 rings (SSSR count). The Hall–Kier alpha value is -1.47. The van der Waals surface area contributed by atoms with Gasteiger partial charge in [0.1, 0.15) is 5.82 Å². The summed E-state index contributed by atoms with van der Waals surface area (Å²) in [6.07, 6.45) is 3.17. The fourth-order valence-corrected chi connectivity index (χ4v) is 4.42. The van der Waals surface area contributed by atoms with E-state index in [1.54, 1.807) is 0 Å². The SMILES string of the molecule is CCNC(=NCc1ccc(N2CCOCC2)nc1)N1CCSC(CC)C1. The second-order valence-electron chi connectivity index (χ2n) is 6.64. The zero-order valence-corrected chi connectivity index (χ0v) is 16.8. The van der Waals surface area contributed by atoms with Gasteiger partial charge in [-0.3, -0.25) is 0 Å². The highest BCUT2D eigenvalue weighted by atomic mass is 32.2. The first-order valence-corrected chi connectivity index (χ1v) is 10.8. The molecule has 2 aliphatic rings. The van der Waals surface area contributed by atoms with Crippen LogP contribution >= 0.6 is 11.8 Å². The van der Waals surface area contributed by atoms with Crippen molar-refractivity contribution in [3.05, 3.63) is 23.9 Å². The Kier molecular flexibility index (Phi) is 7.43. The van der Waals surface area contributed by atoms with Crippen molar-refractivity contribution in [3.63, 3.8) is 0 Å². The van der Waals surface area contributed by atoms with Crippen LogP contribution in [-0.4, -0.2) is 72.8 Å². The lowest BCUT2D eigenvalue weighted by atomic mass is 10.2. The van der Waals surface area contributed by atoms with Crippen LogP contribution in [0.4, 0.5) is 5.82 Å². The number of guanidine groups is 1. The van der Waals surface area contributed by atoms with Crippen molar-refractivity contribution in [3.8, 4) is 0 Å². The molecule has 6 nitrogen and oxygen atoms in total. The summed E-state index contributed by atoms with van der Waals surface area (Å²) in [7, 11) is 0. The summed E-state index contributed by atoms with van der Waals surface area (Å²) in [5, 5.41) is 4.16. The van der Waals surface area contributed by atoms with E-state index in [0.717, 1.165) is 63.3 Å². The van der Waals surface area contributed by atoms with Crippen LogP contribution in [0, 0.1) is 0 Å². The molecule has 0 saturated carbocycles. The van der Waals surface area contributed by atoms with Gasteiger partial charge in [-0.1, -0.05) is 13.0 Å². The van der Waals surface area contributed by atoms with Gasteiger partial charge in [-0.15, -0.1) is 0 Å². The highest BCUT2D eigenvalue weighted by Gasteiger charge is 2.21. The minimum atomic E-state index is 0.666. The number of pyridine rings is 1.